The lowest BCUT2D eigenvalue weighted by atomic mass is 10.0. The molecular formula is C21H24F2N4O2. The molecule has 2 aromatic rings. The molecule has 154 valence electrons. The number of aromatic nitrogens is 1. The number of nitrogens with one attached hydrogen (secondary N) is 2. The normalized spacial score (nSPS) is 17.0. The molecule has 2 aliphatic rings. The quantitative estimate of drug-likeness (QED) is 0.813. The fourth-order valence-corrected chi connectivity index (χ4v) is 3.34. The molecular weight excluding hydrogens is 378 g/mol. The number of halogens is 2. The van der Waals surface area contributed by atoms with Crippen molar-refractivity contribution in [1.82, 2.24) is 10.3 Å². The van der Waals surface area contributed by atoms with Crippen molar-refractivity contribution in [2.24, 2.45) is 0 Å². The van der Waals surface area contributed by atoms with Gasteiger partial charge in [-0.05, 0) is 42.4 Å². The minimum Gasteiger partial charge on any atom is -0.432 e. The second kappa shape index (κ2) is 8.46. The summed E-state index contributed by atoms with van der Waals surface area (Å²) in [5, 5.41) is 5.84. The van der Waals surface area contributed by atoms with Crippen LogP contribution < -0.4 is 20.3 Å². The molecule has 2 N–H and O–H groups in total. The van der Waals surface area contributed by atoms with E-state index in [1.165, 1.54) is 0 Å². The number of anilines is 2. The molecule has 0 aliphatic carbocycles. The van der Waals surface area contributed by atoms with E-state index in [4.69, 9.17) is 0 Å². The lowest BCUT2D eigenvalue weighted by Gasteiger charge is -2.25. The lowest BCUT2D eigenvalue weighted by Crippen LogP contribution is -2.35. The Morgan fingerprint density at radius 3 is 2.97 bits per heavy atom. The van der Waals surface area contributed by atoms with E-state index in [-0.39, 0.29) is 24.1 Å². The summed E-state index contributed by atoms with van der Waals surface area (Å²) in [5.41, 5.74) is 2.33. The fourth-order valence-electron chi connectivity index (χ4n) is 3.34. The second-order valence-electron chi connectivity index (χ2n) is 6.89. The van der Waals surface area contributed by atoms with Crippen molar-refractivity contribution >= 4 is 17.4 Å². The van der Waals surface area contributed by atoms with Crippen LogP contribution in [0.4, 0.5) is 20.3 Å². The molecule has 29 heavy (non-hydrogen) atoms. The Morgan fingerprint density at radius 1 is 1.45 bits per heavy atom. The van der Waals surface area contributed by atoms with Crippen LogP contribution in [-0.2, 0) is 11.2 Å². The third kappa shape index (κ3) is 4.82. The van der Waals surface area contributed by atoms with Gasteiger partial charge in [0.25, 0.3) is 0 Å². The van der Waals surface area contributed by atoms with Crippen LogP contribution in [0.3, 0.4) is 0 Å². The number of carbonyl (C=O) groups excluding carboxylic acids is 1. The number of hydrogen-bond donors (Lipinski definition) is 2. The Kier molecular flexibility index (Phi) is 6.00. The molecule has 4 rings (SSSR count). The van der Waals surface area contributed by atoms with Crippen LogP contribution in [0.15, 0.2) is 49.3 Å². The maximum absolute atomic E-state index is 13.0. The van der Waals surface area contributed by atoms with Gasteiger partial charge in [0, 0.05) is 18.8 Å². The highest BCUT2D eigenvalue weighted by Crippen LogP contribution is 2.38. The molecule has 0 spiro atoms. The predicted octanol–water partition coefficient (Wildman–Crippen LogP) is 3.87. The number of rotatable bonds is 4. The zero-order chi connectivity index (χ0) is 21.0. The van der Waals surface area contributed by atoms with Gasteiger partial charge in [-0.1, -0.05) is 19.6 Å². The highest BCUT2D eigenvalue weighted by Gasteiger charge is 2.39. The molecule has 0 saturated carbocycles. The van der Waals surface area contributed by atoms with Crippen LogP contribution in [0.2, 0.25) is 0 Å². The number of likely N-dealkylation sites (N-methyl/N-ethyl adjacent to an activating group) is 1. The Balaban J connectivity index is 0.000000176. The van der Waals surface area contributed by atoms with Crippen molar-refractivity contribution < 1.29 is 18.3 Å². The molecule has 1 atom stereocenters. The number of nitrogens with zero attached hydrogens (tertiary/aromatic N) is 2. The molecule has 0 saturated heterocycles. The molecule has 1 aromatic heterocycles. The number of amides is 1. The van der Waals surface area contributed by atoms with Crippen molar-refractivity contribution in [2.75, 3.05) is 23.8 Å². The van der Waals surface area contributed by atoms with Gasteiger partial charge in [-0.15, -0.1) is 0 Å². The number of carbonyl (C=O) groups is 1. The highest BCUT2D eigenvalue weighted by atomic mass is 19.3. The summed E-state index contributed by atoms with van der Waals surface area (Å²) in [4.78, 5) is 17.0. The first-order chi connectivity index (χ1) is 13.8. The SMILES string of the molecule is C=CNC(CC)c1ccc2c(c1)CC(F)(F)O2.CN1CC(=O)Nc2cccnc21. The molecule has 1 aromatic carbocycles. The third-order valence-electron chi connectivity index (χ3n) is 4.67. The van der Waals surface area contributed by atoms with Crippen LogP contribution >= 0.6 is 0 Å². The first-order valence-corrected chi connectivity index (χ1v) is 9.35. The molecule has 6 nitrogen and oxygen atoms in total. The van der Waals surface area contributed by atoms with Crippen LogP contribution in [0, 0.1) is 0 Å². The molecule has 0 fully saturated rings. The topological polar surface area (TPSA) is 66.5 Å². The summed E-state index contributed by atoms with van der Waals surface area (Å²) >= 11 is 0. The standard InChI is InChI=1S/C13H15F2NO.C8H9N3O/c1-3-11(16-4-2)9-5-6-12-10(7-9)8-13(14,15)17-12;1-11-5-7(12)10-6-3-2-4-9-8(6)11/h4-7,11,16H,2-3,8H2,1H3;2-4H,5H2,1H3,(H,10,12). The van der Waals surface area contributed by atoms with E-state index in [0.717, 1.165) is 23.5 Å². The minimum atomic E-state index is -3.06. The first-order valence-electron chi connectivity index (χ1n) is 9.35. The summed E-state index contributed by atoms with van der Waals surface area (Å²) in [6.07, 6.45) is 0.788. The van der Waals surface area contributed by atoms with Crippen LogP contribution in [0.5, 0.6) is 5.75 Å². The molecule has 1 unspecified atom stereocenters. The second-order valence-corrected chi connectivity index (χ2v) is 6.89. The molecule has 2 aliphatic heterocycles. The first kappa shape index (κ1) is 20.6. The van der Waals surface area contributed by atoms with Gasteiger partial charge in [0.1, 0.15) is 5.75 Å². The average molecular weight is 402 g/mol. The Hall–Kier alpha value is -3.16. The number of ether oxygens (including phenoxy) is 1. The number of fused-ring (bicyclic) bond motifs is 2. The van der Waals surface area contributed by atoms with Gasteiger partial charge in [-0.2, -0.15) is 8.78 Å². The summed E-state index contributed by atoms with van der Waals surface area (Å²) in [7, 11) is 1.85. The summed E-state index contributed by atoms with van der Waals surface area (Å²) in [6.45, 7) is 6.02. The zero-order valence-electron chi connectivity index (χ0n) is 16.4. The van der Waals surface area contributed by atoms with Gasteiger partial charge in [-0.3, -0.25) is 4.79 Å². The largest absolute Gasteiger partial charge is 0.432 e. The molecule has 8 heteroatoms. The molecule has 1 amide bonds. The van der Waals surface area contributed by atoms with Gasteiger partial charge >= 0.3 is 6.11 Å². The van der Waals surface area contributed by atoms with E-state index < -0.39 is 6.11 Å². The predicted molar refractivity (Wildman–Crippen MR) is 108 cm³/mol. The van der Waals surface area contributed by atoms with E-state index in [1.54, 1.807) is 30.6 Å². The average Bonchev–Trinajstić information content (AvgIpc) is 2.99. The molecule has 0 bridgehead atoms. The van der Waals surface area contributed by atoms with Crippen molar-refractivity contribution in [1.29, 1.82) is 0 Å². The Labute approximate surface area is 168 Å². The van der Waals surface area contributed by atoms with Crippen LogP contribution in [0.1, 0.15) is 30.5 Å². The number of alkyl halides is 2. The van der Waals surface area contributed by atoms with Gasteiger partial charge in [0.05, 0.1) is 24.7 Å². The Bertz CT molecular complexity index is 904. The fraction of sp³-hybridized carbons (Fsp3) is 0.333. The Morgan fingerprint density at radius 2 is 2.24 bits per heavy atom. The van der Waals surface area contributed by atoms with Crippen molar-refractivity contribution in [3.05, 3.63) is 60.4 Å². The van der Waals surface area contributed by atoms with Crippen LogP contribution in [-0.4, -0.2) is 30.6 Å². The van der Waals surface area contributed by atoms with Gasteiger partial charge in [0.15, 0.2) is 5.82 Å². The third-order valence-corrected chi connectivity index (χ3v) is 4.67. The van der Waals surface area contributed by atoms with Gasteiger partial charge in [-0.25, -0.2) is 4.98 Å². The van der Waals surface area contributed by atoms with E-state index >= 15 is 0 Å². The summed E-state index contributed by atoms with van der Waals surface area (Å²) in [5.74, 6) is 1.13. The monoisotopic (exact) mass is 402 g/mol. The summed E-state index contributed by atoms with van der Waals surface area (Å²) < 4.78 is 30.6. The number of pyridine rings is 1. The molecule has 0 radical (unpaired) electrons. The van der Waals surface area contributed by atoms with Crippen LogP contribution in [0.25, 0.3) is 0 Å². The van der Waals surface area contributed by atoms with Gasteiger partial charge < -0.3 is 20.3 Å². The van der Waals surface area contributed by atoms with Crippen molar-refractivity contribution in [2.45, 2.75) is 31.9 Å². The molecule has 3 heterocycles. The van der Waals surface area contributed by atoms with E-state index in [0.29, 0.717) is 12.1 Å². The van der Waals surface area contributed by atoms with Crippen molar-refractivity contribution in [3.8, 4) is 5.75 Å². The minimum absolute atomic E-state index is 0.0120. The zero-order valence-corrected chi connectivity index (χ0v) is 16.4. The summed E-state index contributed by atoms with van der Waals surface area (Å²) in [6, 6.07) is 8.95. The van der Waals surface area contributed by atoms with Crippen molar-refractivity contribution in [3.63, 3.8) is 0 Å². The van der Waals surface area contributed by atoms with E-state index in [2.05, 4.69) is 26.9 Å². The number of benzene rings is 1. The lowest BCUT2D eigenvalue weighted by molar-refractivity contribution is -0.159. The van der Waals surface area contributed by atoms with Gasteiger partial charge in [0.2, 0.25) is 5.91 Å². The van der Waals surface area contributed by atoms with E-state index in [9.17, 15) is 13.6 Å². The maximum Gasteiger partial charge on any atom is 0.402 e. The maximum atomic E-state index is 13.0. The number of hydrogen-bond acceptors (Lipinski definition) is 5. The van der Waals surface area contributed by atoms with E-state index in [1.807, 2.05) is 31.0 Å². The smallest absolute Gasteiger partial charge is 0.402 e. The highest BCUT2D eigenvalue weighted by molar-refractivity contribution is 5.99.